The Kier molecular flexibility index (Phi) is 8.14. The van der Waals surface area contributed by atoms with Gasteiger partial charge in [0, 0.05) is 57.6 Å². The molecule has 2 aliphatic heterocycles. The van der Waals surface area contributed by atoms with Crippen LogP contribution in [0.2, 0.25) is 0 Å². The van der Waals surface area contributed by atoms with Crippen LogP contribution in [0.4, 0.5) is 36.6 Å². The van der Waals surface area contributed by atoms with Crippen molar-refractivity contribution in [2.45, 2.75) is 71.0 Å². The third kappa shape index (κ3) is 6.26. The van der Waals surface area contributed by atoms with Crippen LogP contribution >= 0.6 is 0 Å². The molecule has 1 aliphatic carbocycles. The minimum absolute atomic E-state index is 0.00145. The number of anilines is 4. The fourth-order valence-electron chi connectivity index (χ4n) is 5.96. The van der Waals surface area contributed by atoms with Gasteiger partial charge >= 0.3 is 6.18 Å². The second kappa shape index (κ2) is 11.5. The minimum atomic E-state index is -4.43. The number of halogens is 3. The summed E-state index contributed by atoms with van der Waals surface area (Å²) in [6.45, 7) is 8.57. The summed E-state index contributed by atoms with van der Waals surface area (Å²) in [6.07, 6.45) is 5.38. The lowest BCUT2D eigenvalue weighted by Gasteiger charge is -2.37. The zero-order valence-corrected chi connectivity index (χ0v) is 22.6. The molecule has 3 unspecified atom stereocenters. The monoisotopic (exact) mass is 531 g/mol. The average molecular weight is 532 g/mol. The molecule has 7 nitrogen and oxygen atoms in total. The van der Waals surface area contributed by atoms with Crippen LogP contribution in [0.1, 0.15) is 64.4 Å². The summed E-state index contributed by atoms with van der Waals surface area (Å²) in [5.41, 5.74) is -0.685. The van der Waals surface area contributed by atoms with E-state index in [9.17, 15) is 13.2 Å². The highest BCUT2D eigenvalue weighted by Crippen LogP contribution is 2.36. The van der Waals surface area contributed by atoms with Gasteiger partial charge in [0.2, 0.25) is 5.95 Å². The van der Waals surface area contributed by atoms with Crippen LogP contribution in [0.15, 0.2) is 24.4 Å². The summed E-state index contributed by atoms with van der Waals surface area (Å²) in [5.74, 6) is 3.78. The van der Waals surface area contributed by atoms with Crippen molar-refractivity contribution in [2.75, 3.05) is 59.3 Å². The van der Waals surface area contributed by atoms with Crippen LogP contribution in [-0.4, -0.2) is 60.3 Å². The van der Waals surface area contributed by atoms with Gasteiger partial charge in [-0.1, -0.05) is 20.3 Å². The fourth-order valence-corrected chi connectivity index (χ4v) is 5.96. The lowest BCUT2D eigenvalue weighted by atomic mass is 9.97. The van der Waals surface area contributed by atoms with E-state index in [1.165, 1.54) is 37.9 Å². The zero-order valence-electron chi connectivity index (χ0n) is 22.6. The maximum Gasteiger partial charge on any atom is 0.419 e. The predicted molar refractivity (Wildman–Crippen MR) is 146 cm³/mol. The predicted octanol–water partition coefficient (Wildman–Crippen LogP) is 5.83. The SMILES string of the molecule is CC1CCC(C)C(Nc2cc(N3CCCCC3)nc(N3CCN(c4ncccc4C(F)(F)F)CC3)n2)CC1. The third-order valence-electron chi connectivity index (χ3n) is 8.44. The first kappa shape index (κ1) is 26.8. The molecule has 208 valence electrons. The number of piperidine rings is 1. The molecule has 0 aromatic carbocycles. The zero-order chi connectivity index (χ0) is 26.7. The number of piperazine rings is 1. The molecule has 2 saturated heterocycles. The third-order valence-corrected chi connectivity index (χ3v) is 8.44. The molecule has 0 bridgehead atoms. The lowest BCUT2D eigenvalue weighted by Crippen LogP contribution is -2.48. The van der Waals surface area contributed by atoms with E-state index in [4.69, 9.17) is 9.97 Å². The number of rotatable bonds is 5. The van der Waals surface area contributed by atoms with Gasteiger partial charge in [-0.25, -0.2) is 4.98 Å². The van der Waals surface area contributed by atoms with Crippen LogP contribution in [-0.2, 0) is 6.18 Å². The first-order valence-electron chi connectivity index (χ1n) is 14.2. The quantitative estimate of drug-likeness (QED) is 0.487. The highest BCUT2D eigenvalue weighted by Gasteiger charge is 2.36. The molecular weight excluding hydrogens is 491 g/mol. The Labute approximate surface area is 223 Å². The second-order valence-corrected chi connectivity index (χ2v) is 11.3. The van der Waals surface area contributed by atoms with Crippen LogP contribution < -0.4 is 20.0 Å². The van der Waals surface area contributed by atoms with Crippen LogP contribution in [0.25, 0.3) is 0 Å². The summed E-state index contributed by atoms with van der Waals surface area (Å²) in [4.78, 5) is 20.2. The summed E-state index contributed by atoms with van der Waals surface area (Å²) < 4.78 is 40.7. The molecule has 0 radical (unpaired) electrons. The minimum Gasteiger partial charge on any atom is -0.367 e. The number of hydrogen-bond donors (Lipinski definition) is 1. The van der Waals surface area contributed by atoms with Crippen molar-refractivity contribution in [3.8, 4) is 0 Å². The Morgan fingerprint density at radius 1 is 0.842 bits per heavy atom. The Morgan fingerprint density at radius 2 is 1.55 bits per heavy atom. The molecule has 3 fully saturated rings. The van der Waals surface area contributed by atoms with Crippen molar-refractivity contribution in [1.82, 2.24) is 15.0 Å². The number of nitrogens with zero attached hydrogens (tertiary/aromatic N) is 6. The molecule has 10 heteroatoms. The number of nitrogens with one attached hydrogen (secondary N) is 1. The molecule has 1 N–H and O–H groups in total. The van der Waals surface area contributed by atoms with Crippen LogP contribution in [0.3, 0.4) is 0 Å². The second-order valence-electron chi connectivity index (χ2n) is 11.3. The van der Waals surface area contributed by atoms with Gasteiger partial charge in [-0.3, -0.25) is 0 Å². The van der Waals surface area contributed by atoms with Crippen molar-refractivity contribution >= 4 is 23.4 Å². The first-order chi connectivity index (χ1) is 18.3. The van der Waals surface area contributed by atoms with Crippen molar-refractivity contribution in [2.24, 2.45) is 11.8 Å². The summed E-state index contributed by atoms with van der Waals surface area (Å²) in [5, 5.41) is 3.76. The standard InChI is InChI=1S/C28H40F3N7/c1-20-8-10-21(2)23(11-9-20)33-24-19-25(36-13-4-3-5-14-36)35-27(34-24)38-17-15-37(16-18-38)26-22(28(29,30)31)7-6-12-32-26/h6-7,12,19-21,23H,3-5,8-11,13-18H2,1-2H3,(H,33,34,35). The molecule has 1 saturated carbocycles. The molecule has 3 atom stereocenters. The average Bonchev–Trinajstić information content (AvgIpc) is 3.09. The van der Waals surface area contributed by atoms with Gasteiger partial charge in [-0.05, 0) is 62.5 Å². The Bertz CT molecular complexity index is 1060. The Balaban J connectivity index is 1.35. The van der Waals surface area contributed by atoms with Gasteiger partial charge in [-0.15, -0.1) is 0 Å². The van der Waals surface area contributed by atoms with Crippen molar-refractivity contribution in [3.63, 3.8) is 0 Å². The maximum atomic E-state index is 13.6. The molecule has 0 spiro atoms. The van der Waals surface area contributed by atoms with Crippen LogP contribution in [0.5, 0.6) is 0 Å². The topological polar surface area (TPSA) is 60.4 Å². The van der Waals surface area contributed by atoms with E-state index in [-0.39, 0.29) is 5.82 Å². The van der Waals surface area contributed by atoms with E-state index in [2.05, 4.69) is 40.0 Å². The molecule has 2 aromatic heterocycles. The Hall–Kier alpha value is -2.78. The molecular formula is C28H40F3N7. The van der Waals surface area contributed by atoms with E-state index in [0.717, 1.165) is 56.0 Å². The van der Waals surface area contributed by atoms with Gasteiger partial charge in [0.15, 0.2) is 0 Å². The number of alkyl halides is 3. The number of pyridine rings is 1. The van der Waals surface area contributed by atoms with Crippen molar-refractivity contribution in [3.05, 3.63) is 30.0 Å². The van der Waals surface area contributed by atoms with Gasteiger partial charge < -0.3 is 20.0 Å². The number of hydrogen-bond acceptors (Lipinski definition) is 7. The van der Waals surface area contributed by atoms with E-state index >= 15 is 0 Å². The lowest BCUT2D eigenvalue weighted by molar-refractivity contribution is -0.137. The summed E-state index contributed by atoms with van der Waals surface area (Å²) in [7, 11) is 0. The summed E-state index contributed by atoms with van der Waals surface area (Å²) in [6, 6.07) is 4.91. The van der Waals surface area contributed by atoms with Crippen molar-refractivity contribution < 1.29 is 13.2 Å². The molecule has 38 heavy (non-hydrogen) atoms. The Morgan fingerprint density at radius 3 is 2.29 bits per heavy atom. The largest absolute Gasteiger partial charge is 0.419 e. The fraction of sp³-hybridized carbons (Fsp3) is 0.679. The molecule has 3 aliphatic rings. The smallest absolute Gasteiger partial charge is 0.367 e. The highest BCUT2D eigenvalue weighted by molar-refractivity contribution is 5.56. The number of aromatic nitrogens is 3. The van der Waals surface area contributed by atoms with Gasteiger partial charge in [0.1, 0.15) is 17.5 Å². The summed E-state index contributed by atoms with van der Waals surface area (Å²) >= 11 is 0. The van der Waals surface area contributed by atoms with Gasteiger partial charge in [0.25, 0.3) is 0 Å². The maximum absolute atomic E-state index is 13.6. The normalized spacial score (nSPS) is 25.3. The highest BCUT2D eigenvalue weighted by atomic mass is 19.4. The van der Waals surface area contributed by atoms with E-state index < -0.39 is 11.7 Å². The van der Waals surface area contributed by atoms with E-state index in [1.54, 1.807) is 4.90 Å². The van der Waals surface area contributed by atoms with Gasteiger partial charge in [-0.2, -0.15) is 23.1 Å². The van der Waals surface area contributed by atoms with Crippen LogP contribution in [0, 0.1) is 11.8 Å². The molecule has 4 heterocycles. The molecule has 2 aromatic rings. The first-order valence-corrected chi connectivity index (χ1v) is 14.2. The van der Waals surface area contributed by atoms with E-state index in [0.29, 0.717) is 44.1 Å². The van der Waals surface area contributed by atoms with Crippen molar-refractivity contribution in [1.29, 1.82) is 0 Å². The molecule has 5 rings (SSSR count). The van der Waals surface area contributed by atoms with Gasteiger partial charge in [0.05, 0.1) is 5.56 Å². The molecule has 0 amide bonds. The van der Waals surface area contributed by atoms with E-state index in [1.807, 2.05) is 0 Å².